The molecule has 3 heteroatoms. The molecule has 1 aliphatic carbocycles. The van der Waals surface area contributed by atoms with Crippen molar-refractivity contribution in [2.45, 2.75) is 50.1 Å². The van der Waals surface area contributed by atoms with Crippen molar-refractivity contribution in [3.63, 3.8) is 0 Å². The molecule has 1 saturated heterocycles. The van der Waals surface area contributed by atoms with Crippen molar-refractivity contribution in [1.29, 1.82) is 0 Å². The maximum atomic E-state index is 5.69. The van der Waals surface area contributed by atoms with Gasteiger partial charge in [0, 0.05) is 18.2 Å². The van der Waals surface area contributed by atoms with Crippen molar-refractivity contribution in [3.05, 3.63) is 0 Å². The van der Waals surface area contributed by atoms with Crippen LogP contribution in [-0.2, 0) is 4.74 Å². The molecule has 0 aromatic heterocycles. The molecule has 3 nitrogen and oxygen atoms in total. The van der Waals surface area contributed by atoms with Crippen LogP contribution in [0.25, 0.3) is 0 Å². The Kier molecular flexibility index (Phi) is 4.45. The molecule has 0 aromatic rings. The first-order valence-corrected chi connectivity index (χ1v) is 7.13. The summed E-state index contributed by atoms with van der Waals surface area (Å²) in [6.07, 6.45) is 7.98. The average Bonchev–Trinajstić information content (AvgIpc) is 2.82. The molecule has 0 bridgehead atoms. The molecule has 17 heavy (non-hydrogen) atoms. The number of nitrogens with one attached hydrogen (secondary N) is 1. The van der Waals surface area contributed by atoms with Crippen LogP contribution in [0.3, 0.4) is 0 Å². The topological polar surface area (TPSA) is 24.5 Å². The van der Waals surface area contributed by atoms with Gasteiger partial charge in [-0.05, 0) is 52.7 Å². The summed E-state index contributed by atoms with van der Waals surface area (Å²) < 4.78 is 5.69. The Morgan fingerprint density at radius 1 is 1.24 bits per heavy atom. The number of hydrogen-bond donors (Lipinski definition) is 1. The van der Waals surface area contributed by atoms with Gasteiger partial charge in [-0.1, -0.05) is 12.8 Å². The maximum Gasteiger partial charge on any atom is 0.0509 e. The third-order valence-electron chi connectivity index (χ3n) is 4.92. The summed E-state index contributed by atoms with van der Waals surface area (Å²) in [4.78, 5) is 2.47. The van der Waals surface area contributed by atoms with Gasteiger partial charge in [0.15, 0.2) is 0 Å². The summed E-state index contributed by atoms with van der Waals surface area (Å²) in [5, 5.41) is 3.61. The van der Waals surface area contributed by atoms with Crippen LogP contribution in [0.5, 0.6) is 0 Å². The Bertz CT molecular complexity index is 230. The Morgan fingerprint density at radius 3 is 2.41 bits per heavy atom. The van der Waals surface area contributed by atoms with Crippen molar-refractivity contribution in [2.24, 2.45) is 5.92 Å². The minimum absolute atomic E-state index is 0.361. The van der Waals surface area contributed by atoms with Crippen LogP contribution in [-0.4, -0.2) is 50.8 Å². The molecule has 0 radical (unpaired) electrons. The van der Waals surface area contributed by atoms with Gasteiger partial charge in [0.1, 0.15) is 0 Å². The van der Waals surface area contributed by atoms with Crippen LogP contribution in [0.2, 0.25) is 0 Å². The fourth-order valence-electron chi connectivity index (χ4n) is 4.00. The van der Waals surface area contributed by atoms with E-state index in [9.17, 15) is 0 Å². The van der Waals surface area contributed by atoms with Gasteiger partial charge >= 0.3 is 0 Å². The smallest absolute Gasteiger partial charge is 0.0509 e. The molecule has 2 atom stereocenters. The van der Waals surface area contributed by atoms with Gasteiger partial charge < -0.3 is 15.0 Å². The summed E-state index contributed by atoms with van der Waals surface area (Å²) in [6.45, 7) is 1.91. The van der Waals surface area contributed by atoms with Crippen LogP contribution in [0.15, 0.2) is 0 Å². The van der Waals surface area contributed by atoms with Gasteiger partial charge in [-0.2, -0.15) is 0 Å². The number of ether oxygens (including phenoxy) is 1. The van der Waals surface area contributed by atoms with Crippen molar-refractivity contribution >= 4 is 0 Å². The van der Waals surface area contributed by atoms with E-state index >= 15 is 0 Å². The molecular weight excluding hydrogens is 212 g/mol. The second-order valence-electron chi connectivity index (χ2n) is 5.95. The lowest BCUT2D eigenvalue weighted by atomic mass is 9.77. The highest BCUT2D eigenvalue weighted by Crippen LogP contribution is 2.40. The molecule has 1 heterocycles. The molecule has 0 spiro atoms. The van der Waals surface area contributed by atoms with E-state index in [2.05, 4.69) is 31.4 Å². The Balaban J connectivity index is 2.13. The third kappa shape index (κ3) is 2.51. The number of rotatable bonds is 4. The largest absolute Gasteiger partial charge is 0.381 e. The van der Waals surface area contributed by atoms with Gasteiger partial charge in [0.2, 0.25) is 0 Å². The van der Waals surface area contributed by atoms with Crippen LogP contribution >= 0.6 is 0 Å². The fourth-order valence-corrected chi connectivity index (χ4v) is 4.00. The molecule has 1 saturated carbocycles. The number of nitrogens with zero attached hydrogens (tertiary/aromatic N) is 1. The van der Waals surface area contributed by atoms with Crippen LogP contribution < -0.4 is 5.32 Å². The Morgan fingerprint density at radius 2 is 1.94 bits per heavy atom. The molecule has 0 aromatic carbocycles. The quantitative estimate of drug-likeness (QED) is 0.812. The first-order chi connectivity index (χ1) is 8.20. The van der Waals surface area contributed by atoms with Crippen molar-refractivity contribution in [1.82, 2.24) is 10.2 Å². The molecule has 0 amide bonds. The predicted octanol–water partition coefficient (Wildman–Crippen LogP) is 1.88. The summed E-state index contributed by atoms with van der Waals surface area (Å²) in [7, 11) is 6.63. The minimum Gasteiger partial charge on any atom is -0.381 e. The van der Waals surface area contributed by atoms with Gasteiger partial charge in [0.05, 0.1) is 6.61 Å². The lowest BCUT2D eigenvalue weighted by Gasteiger charge is -2.47. The van der Waals surface area contributed by atoms with Gasteiger partial charge in [-0.3, -0.25) is 0 Å². The number of hydrogen-bond acceptors (Lipinski definition) is 3. The molecule has 1 N–H and O–H groups in total. The molecule has 2 aliphatic rings. The van der Waals surface area contributed by atoms with E-state index in [1.807, 2.05) is 0 Å². The molecule has 2 rings (SSSR count). The van der Waals surface area contributed by atoms with Crippen molar-refractivity contribution < 1.29 is 4.74 Å². The first kappa shape index (κ1) is 13.3. The summed E-state index contributed by atoms with van der Waals surface area (Å²) in [5.41, 5.74) is 0.361. The lowest BCUT2D eigenvalue weighted by Crippen LogP contribution is -2.60. The van der Waals surface area contributed by atoms with Gasteiger partial charge in [0.25, 0.3) is 0 Å². The minimum atomic E-state index is 0.361. The van der Waals surface area contributed by atoms with E-state index in [0.717, 1.165) is 13.2 Å². The van der Waals surface area contributed by atoms with Crippen LogP contribution in [0, 0.1) is 5.92 Å². The van der Waals surface area contributed by atoms with Gasteiger partial charge in [-0.15, -0.1) is 0 Å². The van der Waals surface area contributed by atoms with Crippen LogP contribution in [0.1, 0.15) is 38.5 Å². The first-order valence-electron chi connectivity index (χ1n) is 7.13. The van der Waals surface area contributed by atoms with E-state index in [1.165, 1.54) is 38.5 Å². The SMILES string of the molecule is CNC(C1CCCOC1)C1(N(C)C)CCCC1. The zero-order valence-corrected chi connectivity index (χ0v) is 11.7. The van der Waals surface area contributed by atoms with E-state index in [4.69, 9.17) is 4.74 Å². The van der Waals surface area contributed by atoms with Crippen molar-refractivity contribution in [2.75, 3.05) is 34.4 Å². The Labute approximate surface area is 106 Å². The van der Waals surface area contributed by atoms with E-state index in [1.54, 1.807) is 0 Å². The maximum absolute atomic E-state index is 5.69. The van der Waals surface area contributed by atoms with Crippen LogP contribution in [0.4, 0.5) is 0 Å². The second kappa shape index (κ2) is 5.68. The Hall–Kier alpha value is -0.120. The molecule has 1 aliphatic heterocycles. The second-order valence-corrected chi connectivity index (χ2v) is 5.95. The zero-order chi connectivity index (χ0) is 12.3. The molecule has 2 unspecified atom stereocenters. The third-order valence-corrected chi connectivity index (χ3v) is 4.92. The predicted molar refractivity (Wildman–Crippen MR) is 71.3 cm³/mol. The highest BCUT2D eigenvalue weighted by atomic mass is 16.5. The van der Waals surface area contributed by atoms with Crippen molar-refractivity contribution in [3.8, 4) is 0 Å². The summed E-state index contributed by atoms with van der Waals surface area (Å²) in [5.74, 6) is 0.689. The van der Waals surface area contributed by atoms with E-state index in [0.29, 0.717) is 17.5 Å². The zero-order valence-electron chi connectivity index (χ0n) is 11.7. The lowest BCUT2D eigenvalue weighted by molar-refractivity contribution is -0.00257. The standard InChI is InChI=1S/C14H28N2O/c1-15-13(12-7-6-10-17-11-12)14(16(2)3)8-4-5-9-14/h12-13,15H,4-11H2,1-3H3. The van der Waals surface area contributed by atoms with E-state index in [-0.39, 0.29) is 0 Å². The van der Waals surface area contributed by atoms with E-state index < -0.39 is 0 Å². The van der Waals surface area contributed by atoms with Gasteiger partial charge in [-0.25, -0.2) is 0 Å². The normalized spacial score (nSPS) is 30.7. The number of likely N-dealkylation sites (N-methyl/N-ethyl adjacent to an activating group) is 2. The highest BCUT2D eigenvalue weighted by Gasteiger charge is 2.45. The molecular formula is C14H28N2O. The average molecular weight is 240 g/mol. The highest BCUT2D eigenvalue weighted by molar-refractivity contribution is 5.04. The fraction of sp³-hybridized carbons (Fsp3) is 1.00. The summed E-state index contributed by atoms with van der Waals surface area (Å²) in [6, 6.07) is 0.584. The summed E-state index contributed by atoms with van der Waals surface area (Å²) >= 11 is 0. The molecule has 100 valence electrons. The monoisotopic (exact) mass is 240 g/mol. The molecule has 2 fully saturated rings.